The number of aryl methyl sites for hydroxylation is 1. The lowest BCUT2D eigenvalue weighted by molar-refractivity contribution is -0.153. The number of nitrogens with zero attached hydrogens (tertiary/aromatic N) is 3. The van der Waals surface area contributed by atoms with Crippen molar-refractivity contribution in [3.8, 4) is 0 Å². The highest BCUT2D eigenvalue weighted by molar-refractivity contribution is 6.08. The Morgan fingerprint density at radius 1 is 0.970 bits per heavy atom. The Labute approximate surface area is 192 Å². The average molecular weight is 440 g/mol. The van der Waals surface area contributed by atoms with Crippen molar-refractivity contribution in [2.45, 2.75) is 26.4 Å². The smallest absolute Gasteiger partial charge is 0.321 e. The molecule has 0 radical (unpaired) electrons. The van der Waals surface area contributed by atoms with Crippen molar-refractivity contribution >= 4 is 28.9 Å². The van der Waals surface area contributed by atoms with E-state index in [9.17, 15) is 9.59 Å². The summed E-state index contributed by atoms with van der Waals surface area (Å²) >= 11 is 0. The van der Waals surface area contributed by atoms with Crippen LogP contribution in [0.3, 0.4) is 0 Å². The number of esters is 1. The van der Waals surface area contributed by atoms with Gasteiger partial charge in [0.25, 0.3) is 0 Å². The van der Waals surface area contributed by atoms with Gasteiger partial charge in [-0.3, -0.25) is 14.5 Å². The topological polar surface area (TPSA) is 64.4 Å². The van der Waals surface area contributed by atoms with Gasteiger partial charge in [0.05, 0.1) is 30.2 Å². The van der Waals surface area contributed by atoms with Crippen molar-refractivity contribution in [2.24, 2.45) is 5.92 Å². The maximum atomic E-state index is 13.9. The van der Waals surface area contributed by atoms with E-state index in [-0.39, 0.29) is 12.5 Å². The van der Waals surface area contributed by atoms with Gasteiger partial charge >= 0.3 is 5.97 Å². The summed E-state index contributed by atoms with van der Waals surface area (Å²) < 4.78 is 7.43. The van der Waals surface area contributed by atoms with Gasteiger partial charge in [-0.25, -0.2) is 4.98 Å². The SMILES string of the molecule is CCOC(=O)[C@H]1C(=O)N(Cc2ccccc2)c2nc3ccccc3n2[C@@H]1c1ccc(C)cc1. The van der Waals surface area contributed by atoms with Crippen LogP contribution in [0, 0.1) is 12.8 Å². The Hall–Kier alpha value is -3.93. The molecule has 2 atom stereocenters. The first-order chi connectivity index (χ1) is 16.1. The van der Waals surface area contributed by atoms with Crippen LogP contribution in [-0.4, -0.2) is 28.0 Å². The standard InChI is InChI=1S/C27H25N3O3/c1-3-33-26(32)23-24(20-15-13-18(2)14-16-20)30-22-12-8-7-11-21(22)28-27(30)29(25(23)31)17-19-9-5-4-6-10-19/h4-16,23-24H,3,17H2,1-2H3/t23-,24-/m1/s1. The predicted octanol–water partition coefficient (Wildman–Crippen LogP) is 4.66. The molecule has 6 nitrogen and oxygen atoms in total. The highest BCUT2D eigenvalue weighted by Gasteiger charge is 2.47. The molecule has 0 aliphatic carbocycles. The molecule has 1 aliphatic heterocycles. The van der Waals surface area contributed by atoms with Crippen LogP contribution in [0.2, 0.25) is 0 Å². The number of hydrogen-bond donors (Lipinski definition) is 0. The van der Waals surface area contributed by atoms with E-state index in [1.54, 1.807) is 11.8 Å². The minimum absolute atomic E-state index is 0.208. The van der Waals surface area contributed by atoms with Gasteiger partial charge in [0.2, 0.25) is 11.9 Å². The molecule has 166 valence electrons. The molecule has 1 aliphatic rings. The highest BCUT2D eigenvalue weighted by atomic mass is 16.5. The molecule has 1 aromatic heterocycles. The van der Waals surface area contributed by atoms with Crippen LogP contribution in [0.25, 0.3) is 11.0 Å². The number of hydrogen-bond acceptors (Lipinski definition) is 4. The zero-order valence-corrected chi connectivity index (χ0v) is 18.6. The average Bonchev–Trinajstić information content (AvgIpc) is 3.21. The number of aromatic nitrogens is 2. The van der Waals surface area contributed by atoms with Crippen LogP contribution < -0.4 is 4.90 Å². The molecule has 1 amide bonds. The maximum Gasteiger partial charge on any atom is 0.321 e. The van der Waals surface area contributed by atoms with Gasteiger partial charge in [0.15, 0.2) is 5.92 Å². The van der Waals surface area contributed by atoms with Crippen LogP contribution >= 0.6 is 0 Å². The molecule has 33 heavy (non-hydrogen) atoms. The van der Waals surface area contributed by atoms with E-state index in [0.717, 1.165) is 27.7 Å². The summed E-state index contributed by atoms with van der Waals surface area (Å²) in [6.07, 6.45) is 0. The molecule has 0 bridgehead atoms. The second kappa shape index (κ2) is 8.54. The van der Waals surface area contributed by atoms with Crippen molar-refractivity contribution in [1.82, 2.24) is 9.55 Å². The van der Waals surface area contributed by atoms with E-state index in [2.05, 4.69) is 0 Å². The zero-order valence-electron chi connectivity index (χ0n) is 18.6. The number of benzene rings is 3. The van der Waals surface area contributed by atoms with E-state index in [1.807, 2.05) is 90.4 Å². The molecule has 0 saturated carbocycles. The van der Waals surface area contributed by atoms with Crippen LogP contribution in [0.1, 0.15) is 29.7 Å². The quantitative estimate of drug-likeness (QED) is 0.335. The highest BCUT2D eigenvalue weighted by Crippen LogP contribution is 2.41. The largest absolute Gasteiger partial charge is 0.465 e. The van der Waals surface area contributed by atoms with Gasteiger partial charge in [0.1, 0.15) is 0 Å². The van der Waals surface area contributed by atoms with Crippen molar-refractivity contribution in [3.63, 3.8) is 0 Å². The van der Waals surface area contributed by atoms with E-state index in [0.29, 0.717) is 12.5 Å². The summed E-state index contributed by atoms with van der Waals surface area (Å²) in [6.45, 7) is 4.29. The normalized spacial score (nSPS) is 17.8. The van der Waals surface area contributed by atoms with Gasteiger partial charge in [0, 0.05) is 0 Å². The fraction of sp³-hybridized carbons (Fsp3) is 0.222. The zero-order chi connectivity index (χ0) is 22.9. The first-order valence-electron chi connectivity index (χ1n) is 11.1. The second-order valence-electron chi connectivity index (χ2n) is 8.27. The fourth-order valence-electron chi connectivity index (χ4n) is 4.53. The lowest BCUT2D eigenvalue weighted by Gasteiger charge is -2.38. The van der Waals surface area contributed by atoms with E-state index < -0.39 is 17.9 Å². The van der Waals surface area contributed by atoms with Crippen molar-refractivity contribution in [3.05, 3.63) is 95.6 Å². The monoisotopic (exact) mass is 439 g/mol. The molecule has 0 unspecified atom stereocenters. The number of carbonyl (C=O) groups excluding carboxylic acids is 2. The second-order valence-corrected chi connectivity index (χ2v) is 8.27. The number of carbonyl (C=O) groups is 2. The molecule has 3 aromatic carbocycles. The number of ether oxygens (including phenoxy) is 1. The lowest BCUT2D eigenvalue weighted by Crippen LogP contribution is -2.49. The molecule has 0 fully saturated rings. The third-order valence-corrected chi connectivity index (χ3v) is 6.09. The summed E-state index contributed by atoms with van der Waals surface area (Å²) in [6, 6.07) is 24.9. The van der Waals surface area contributed by atoms with Gasteiger partial charge in [-0.2, -0.15) is 0 Å². The molecule has 4 aromatic rings. The molecule has 0 spiro atoms. The molecule has 0 saturated heterocycles. The lowest BCUT2D eigenvalue weighted by atomic mass is 9.89. The van der Waals surface area contributed by atoms with Crippen molar-refractivity contribution in [1.29, 1.82) is 0 Å². The predicted molar refractivity (Wildman–Crippen MR) is 127 cm³/mol. The van der Waals surface area contributed by atoms with Gasteiger partial charge in [-0.1, -0.05) is 72.3 Å². The van der Waals surface area contributed by atoms with Gasteiger partial charge < -0.3 is 9.30 Å². The Kier molecular flexibility index (Phi) is 5.42. The number of imidazole rings is 1. The Morgan fingerprint density at radius 2 is 1.67 bits per heavy atom. The summed E-state index contributed by atoms with van der Waals surface area (Å²) in [4.78, 5) is 33.6. The number of rotatable bonds is 5. The molecule has 0 N–H and O–H groups in total. The number of amides is 1. The third-order valence-electron chi connectivity index (χ3n) is 6.09. The first-order valence-corrected chi connectivity index (χ1v) is 11.1. The van der Waals surface area contributed by atoms with E-state index >= 15 is 0 Å². The fourth-order valence-corrected chi connectivity index (χ4v) is 4.53. The summed E-state index contributed by atoms with van der Waals surface area (Å²) in [7, 11) is 0. The van der Waals surface area contributed by atoms with Crippen LogP contribution in [0.15, 0.2) is 78.9 Å². The number of para-hydroxylation sites is 2. The van der Waals surface area contributed by atoms with Crippen molar-refractivity contribution in [2.75, 3.05) is 11.5 Å². The minimum Gasteiger partial charge on any atom is -0.465 e. The van der Waals surface area contributed by atoms with Crippen LogP contribution in [-0.2, 0) is 20.9 Å². The minimum atomic E-state index is -1.01. The van der Waals surface area contributed by atoms with Crippen LogP contribution in [0.4, 0.5) is 5.95 Å². The molecular formula is C27H25N3O3. The van der Waals surface area contributed by atoms with E-state index in [1.165, 1.54) is 0 Å². The number of fused-ring (bicyclic) bond motifs is 3. The Balaban J connectivity index is 1.75. The Morgan fingerprint density at radius 3 is 2.39 bits per heavy atom. The maximum absolute atomic E-state index is 13.9. The number of anilines is 1. The third kappa shape index (κ3) is 3.67. The summed E-state index contributed by atoms with van der Waals surface area (Å²) in [5.41, 5.74) is 4.59. The Bertz CT molecular complexity index is 1310. The van der Waals surface area contributed by atoms with Gasteiger partial charge in [-0.05, 0) is 37.1 Å². The molecule has 5 rings (SSSR count). The molecule has 6 heteroatoms. The summed E-state index contributed by atoms with van der Waals surface area (Å²) in [5.74, 6) is -1.29. The van der Waals surface area contributed by atoms with E-state index in [4.69, 9.17) is 9.72 Å². The molecular weight excluding hydrogens is 414 g/mol. The van der Waals surface area contributed by atoms with Crippen molar-refractivity contribution < 1.29 is 14.3 Å². The van der Waals surface area contributed by atoms with Crippen LogP contribution in [0.5, 0.6) is 0 Å². The first kappa shape index (κ1) is 20.9. The molecule has 2 heterocycles. The summed E-state index contributed by atoms with van der Waals surface area (Å²) in [5, 5.41) is 0. The van der Waals surface area contributed by atoms with Gasteiger partial charge in [-0.15, -0.1) is 0 Å².